The molecule has 0 radical (unpaired) electrons. The third-order valence-corrected chi connectivity index (χ3v) is 3.95. The van der Waals surface area contributed by atoms with Crippen LogP contribution in [0.2, 0.25) is 0 Å². The average Bonchev–Trinajstić information content (AvgIpc) is 2.82. The van der Waals surface area contributed by atoms with Gasteiger partial charge in [-0.25, -0.2) is 4.39 Å². The van der Waals surface area contributed by atoms with Gasteiger partial charge >= 0.3 is 0 Å². The molecule has 1 saturated carbocycles. The van der Waals surface area contributed by atoms with E-state index in [1.807, 2.05) is 6.07 Å². The quantitative estimate of drug-likeness (QED) is 0.805. The highest BCUT2D eigenvalue weighted by molar-refractivity contribution is 5.17. The molecule has 1 aromatic rings. The normalized spacial score (nSPS) is 18.1. The maximum absolute atomic E-state index is 13.1. The summed E-state index contributed by atoms with van der Waals surface area (Å²) in [5.41, 5.74) is 1.08. The van der Waals surface area contributed by atoms with Gasteiger partial charge in [-0.15, -0.1) is 0 Å². The van der Waals surface area contributed by atoms with Crippen molar-refractivity contribution in [3.8, 4) is 0 Å². The smallest absolute Gasteiger partial charge is 0.123 e. The van der Waals surface area contributed by atoms with E-state index in [2.05, 4.69) is 12.2 Å². The Morgan fingerprint density at radius 2 is 2.11 bits per heavy atom. The van der Waals surface area contributed by atoms with Gasteiger partial charge in [0.2, 0.25) is 0 Å². The summed E-state index contributed by atoms with van der Waals surface area (Å²) in [4.78, 5) is 0. The molecule has 0 amide bonds. The molecule has 1 aliphatic rings. The average molecular weight is 249 g/mol. The molecule has 2 rings (SSSR count). The molecule has 1 aliphatic carbocycles. The fourth-order valence-corrected chi connectivity index (χ4v) is 2.92. The first-order valence-corrected chi connectivity index (χ1v) is 7.22. The Bertz CT molecular complexity index is 358. The molecule has 100 valence electrons. The van der Waals surface area contributed by atoms with Crippen molar-refractivity contribution in [1.29, 1.82) is 0 Å². The van der Waals surface area contributed by atoms with Gasteiger partial charge in [0.15, 0.2) is 0 Å². The monoisotopic (exact) mass is 249 g/mol. The number of hydrogen-bond acceptors (Lipinski definition) is 1. The molecule has 0 aliphatic heterocycles. The molecule has 0 saturated heterocycles. The van der Waals surface area contributed by atoms with Gasteiger partial charge in [0.05, 0.1) is 0 Å². The van der Waals surface area contributed by atoms with E-state index >= 15 is 0 Å². The van der Waals surface area contributed by atoms with Crippen molar-refractivity contribution in [1.82, 2.24) is 5.32 Å². The topological polar surface area (TPSA) is 12.0 Å². The van der Waals surface area contributed by atoms with Crippen molar-refractivity contribution in [2.75, 3.05) is 6.54 Å². The van der Waals surface area contributed by atoms with Crippen LogP contribution in [0.5, 0.6) is 0 Å². The third kappa shape index (κ3) is 4.41. The molecule has 1 atom stereocenters. The second kappa shape index (κ2) is 6.89. The Morgan fingerprint density at radius 1 is 1.33 bits per heavy atom. The van der Waals surface area contributed by atoms with Crippen LogP contribution in [-0.4, -0.2) is 12.6 Å². The van der Waals surface area contributed by atoms with Crippen LogP contribution in [0, 0.1) is 11.7 Å². The van der Waals surface area contributed by atoms with Crippen molar-refractivity contribution in [2.45, 2.75) is 51.5 Å². The van der Waals surface area contributed by atoms with E-state index < -0.39 is 0 Å². The van der Waals surface area contributed by atoms with Crippen molar-refractivity contribution in [2.24, 2.45) is 5.92 Å². The largest absolute Gasteiger partial charge is 0.314 e. The second-order valence-corrected chi connectivity index (χ2v) is 5.63. The minimum Gasteiger partial charge on any atom is -0.314 e. The van der Waals surface area contributed by atoms with Crippen LogP contribution in [0.15, 0.2) is 24.3 Å². The van der Waals surface area contributed by atoms with E-state index in [-0.39, 0.29) is 5.82 Å². The van der Waals surface area contributed by atoms with E-state index in [9.17, 15) is 4.39 Å². The standard InChI is InChI=1S/C16H24FN/c1-13(11-15-7-4-8-16(17)12-15)18-10-9-14-5-2-3-6-14/h4,7-8,12-14,18H,2-3,5-6,9-11H2,1H3. The van der Waals surface area contributed by atoms with Gasteiger partial charge in [-0.2, -0.15) is 0 Å². The molecular formula is C16H24FN. The molecule has 0 heterocycles. The zero-order valence-corrected chi connectivity index (χ0v) is 11.3. The lowest BCUT2D eigenvalue weighted by Crippen LogP contribution is -2.29. The second-order valence-electron chi connectivity index (χ2n) is 5.63. The molecule has 18 heavy (non-hydrogen) atoms. The molecule has 2 heteroatoms. The van der Waals surface area contributed by atoms with E-state index in [0.717, 1.165) is 24.4 Å². The Labute approximate surface area is 110 Å². The summed E-state index contributed by atoms with van der Waals surface area (Å²) in [6.07, 6.45) is 7.88. The van der Waals surface area contributed by atoms with Crippen LogP contribution < -0.4 is 5.32 Å². The summed E-state index contributed by atoms with van der Waals surface area (Å²) in [6.45, 7) is 3.28. The predicted molar refractivity (Wildman–Crippen MR) is 74.1 cm³/mol. The van der Waals surface area contributed by atoms with E-state index in [1.165, 1.54) is 38.2 Å². The maximum atomic E-state index is 13.1. The zero-order valence-electron chi connectivity index (χ0n) is 11.3. The molecule has 1 aromatic carbocycles. The lowest BCUT2D eigenvalue weighted by atomic mass is 10.0. The molecule has 1 nitrogen and oxygen atoms in total. The van der Waals surface area contributed by atoms with E-state index in [1.54, 1.807) is 12.1 Å². The van der Waals surface area contributed by atoms with Crippen LogP contribution >= 0.6 is 0 Å². The van der Waals surface area contributed by atoms with E-state index in [4.69, 9.17) is 0 Å². The lowest BCUT2D eigenvalue weighted by molar-refractivity contribution is 0.448. The van der Waals surface area contributed by atoms with Crippen molar-refractivity contribution < 1.29 is 4.39 Å². The third-order valence-electron chi connectivity index (χ3n) is 3.95. The lowest BCUT2D eigenvalue weighted by Gasteiger charge is -2.16. The van der Waals surface area contributed by atoms with Gasteiger partial charge in [0, 0.05) is 6.04 Å². The number of rotatable bonds is 6. The minimum absolute atomic E-state index is 0.134. The van der Waals surface area contributed by atoms with Crippen LogP contribution in [-0.2, 0) is 6.42 Å². The highest BCUT2D eigenvalue weighted by atomic mass is 19.1. The summed E-state index contributed by atoms with van der Waals surface area (Å²) < 4.78 is 13.1. The van der Waals surface area contributed by atoms with Gasteiger partial charge < -0.3 is 5.32 Å². The zero-order chi connectivity index (χ0) is 12.8. The molecule has 1 unspecified atom stereocenters. The molecule has 0 bridgehead atoms. The summed E-state index contributed by atoms with van der Waals surface area (Å²) >= 11 is 0. The van der Waals surface area contributed by atoms with Crippen molar-refractivity contribution >= 4 is 0 Å². The van der Waals surface area contributed by atoms with Gasteiger partial charge in [-0.3, -0.25) is 0 Å². The number of benzene rings is 1. The minimum atomic E-state index is -0.134. The van der Waals surface area contributed by atoms with Crippen molar-refractivity contribution in [3.05, 3.63) is 35.6 Å². The first-order valence-electron chi connectivity index (χ1n) is 7.22. The highest BCUT2D eigenvalue weighted by Crippen LogP contribution is 2.26. The molecule has 1 fully saturated rings. The molecule has 0 aromatic heterocycles. The number of nitrogens with one attached hydrogen (secondary N) is 1. The van der Waals surface area contributed by atoms with Gasteiger partial charge in [0.25, 0.3) is 0 Å². The summed E-state index contributed by atoms with van der Waals surface area (Å²) in [6, 6.07) is 7.35. The molecule has 1 N–H and O–H groups in total. The Balaban J connectivity index is 1.66. The number of halogens is 1. The fraction of sp³-hybridized carbons (Fsp3) is 0.625. The van der Waals surface area contributed by atoms with Crippen LogP contribution in [0.1, 0.15) is 44.6 Å². The van der Waals surface area contributed by atoms with E-state index in [0.29, 0.717) is 6.04 Å². The summed E-state index contributed by atoms with van der Waals surface area (Å²) in [5, 5.41) is 3.55. The maximum Gasteiger partial charge on any atom is 0.123 e. The Kier molecular flexibility index (Phi) is 5.18. The first-order chi connectivity index (χ1) is 8.74. The van der Waals surface area contributed by atoms with Crippen LogP contribution in [0.25, 0.3) is 0 Å². The summed E-state index contributed by atoms with van der Waals surface area (Å²) in [7, 11) is 0. The van der Waals surface area contributed by atoms with Crippen molar-refractivity contribution in [3.63, 3.8) is 0 Å². The fourth-order valence-electron chi connectivity index (χ4n) is 2.92. The molecular weight excluding hydrogens is 225 g/mol. The van der Waals surface area contributed by atoms with Gasteiger partial charge in [0.1, 0.15) is 5.82 Å². The highest BCUT2D eigenvalue weighted by Gasteiger charge is 2.14. The first kappa shape index (κ1) is 13.5. The number of hydrogen-bond donors (Lipinski definition) is 1. The van der Waals surface area contributed by atoms with Gasteiger partial charge in [-0.05, 0) is 49.9 Å². The van der Waals surface area contributed by atoms with Gasteiger partial charge in [-0.1, -0.05) is 37.8 Å². The van der Waals surface area contributed by atoms with Crippen LogP contribution in [0.3, 0.4) is 0 Å². The Morgan fingerprint density at radius 3 is 2.83 bits per heavy atom. The molecule has 0 spiro atoms. The summed E-state index contributed by atoms with van der Waals surface area (Å²) in [5.74, 6) is 0.810. The Hall–Kier alpha value is -0.890. The predicted octanol–water partition coefficient (Wildman–Crippen LogP) is 3.93. The van der Waals surface area contributed by atoms with Crippen LogP contribution in [0.4, 0.5) is 4.39 Å². The SMILES string of the molecule is CC(Cc1cccc(F)c1)NCCC1CCCC1.